The fraction of sp³-hybridized carbons (Fsp3) is 1.00. The van der Waals surface area contributed by atoms with Gasteiger partial charge in [-0.15, -0.1) is 0 Å². The van der Waals surface area contributed by atoms with E-state index in [0.29, 0.717) is 0 Å². The lowest BCUT2D eigenvalue weighted by molar-refractivity contribution is -0.158. The third-order valence-corrected chi connectivity index (χ3v) is 19.5. The summed E-state index contributed by atoms with van der Waals surface area (Å²) in [5.41, 5.74) is 0. The standard InChI is InChI=1S/C48H80N2/c1-3-17-37(18-4-1)49(43-23-11-15-33-13-7-9-21-39(33)43)45-31-27-35-25-26-36-28-32-46(42-30-29-41(45)47(35)48(36)42)50(38-19-5-2-6-20-38)44-24-12-16-34-14-8-10-22-40(34)44/h33-48H,1-32H2. The zero-order valence-electron chi connectivity index (χ0n) is 32.8. The normalized spacial score (nSPS) is 48.8. The number of rotatable bonds is 6. The summed E-state index contributed by atoms with van der Waals surface area (Å²) < 4.78 is 0. The summed E-state index contributed by atoms with van der Waals surface area (Å²) in [5.74, 6) is 10.7. The Balaban J connectivity index is 0.965. The predicted molar refractivity (Wildman–Crippen MR) is 209 cm³/mol. The van der Waals surface area contributed by atoms with E-state index >= 15 is 0 Å². The molecule has 50 heavy (non-hydrogen) atoms. The van der Waals surface area contributed by atoms with E-state index in [0.717, 1.165) is 95.4 Å². The summed E-state index contributed by atoms with van der Waals surface area (Å²) in [6, 6.07) is 5.66. The van der Waals surface area contributed by atoms with Crippen LogP contribution in [-0.4, -0.2) is 46.1 Å². The lowest BCUT2D eigenvalue weighted by Gasteiger charge is -2.65. The first kappa shape index (κ1) is 34.4. The van der Waals surface area contributed by atoms with Gasteiger partial charge in [-0.2, -0.15) is 0 Å². The van der Waals surface area contributed by atoms with Gasteiger partial charge in [0, 0.05) is 36.3 Å². The molecule has 10 saturated carbocycles. The number of hydrogen-bond acceptors (Lipinski definition) is 2. The van der Waals surface area contributed by atoms with Gasteiger partial charge in [-0.3, -0.25) is 9.80 Å². The monoisotopic (exact) mass is 685 g/mol. The van der Waals surface area contributed by atoms with Gasteiger partial charge in [-0.1, -0.05) is 103 Å². The molecule has 10 aliphatic rings. The second-order valence-corrected chi connectivity index (χ2v) is 21.3. The van der Waals surface area contributed by atoms with E-state index in [9.17, 15) is 0 Å². The first-order valence-electron chi connectivity index (χ1n) is 24.4. The van der Waals surface area contributed by atoms with Crippen LogP contribution in [0.1, 0.15) is 205 Å². The molecule has 14 atom stereocenters. The van der Waals surface area contributed by atoms with Crippen molar-refractivity contribution >= 4 is 0 Å². The molecule has 2 heteroatoms. The quantitative estimate of drug-likeness (QED) is 0.275. The Kier molecular flexibility index (Phi) is 10.5. The molecule has 0 aromatic heterocycles. The molecule has 0 bridgehead atoms. The largest absolute Gasteiger partial charge is 0.294 e. The Bertz CT molecular complexity index is 1020. The van der Waals surface area contributed by atoms with Crippen molar-refractivity contribution in [1.29, 1.82) is 0 Å². The molecule has 0 aliphatic heterocycles. The molecule has 0 aromatic rings. The summed E-state index contributed by atoms with van der Waals surface area (Å²) in [7, 11) is 0. The summed E-state index contributed by atoms with van der Waals surface area (Å²) in [5, 5.41) is 0. The smallest absolute Gasteiger partial charge is 0.0132 e. The van der Waals surface area contributed by atoms with Crippen LogP contribution in [0.5, 0.6) is 0 Å². The molecule has 282 valence electrons. The predicted octanol–water partition coefficient (Wildman–Crippen LogP) is 12.6. The molecule has 0 saturated heterocycles. The third-order valence-electron chi connectivity index (χ3n) is 19.5. The van der Waals surface area contributed by atoms with Gasteiger partial charge >= 0.3 is 0 Å². The fourth-order valence-electron chi connectivity index (χ4n) is 17.9. The molecule has 10 fully saturated rings. The Morgan fingerprint density at radius 2 is 0.580 bits per heavy atom. The molecule has 0 spiro atoms. The topological polar surface area (TPSA) is 6.48 Å². The van der Waals surface area contributed by atoms with Gasteiger partial charge in [-0.05, 0) is 162 Å². The van der Waals surface area contributed by atoms with Crippen molar-refractivity contribution in [1.82, 2.24) is 9.80 Å². The van der Waals surface area contributed by atoms with Crippen LogP contribution in [0.25, 0.3) is 0 Å². The molecule has 10 aliphatic carbocycles. The van der Waals surface area contributed by atoms with Crippen LogP contribution in [0.15, 0.2) is 0 Å². The zero-order valence-corrected chi connectivity index (χ0v) is 32.8. The van der Waals surface area contributed by atoms with Gasteiger partial charge < -0.3 is 0 Å². The first-order chi connectivity index (χ1) is 24.8. The van der Waals surface area contributed by atoms with Crippen LogP contribution in [0.3, 0.4) is 0 Å². The van der Waals surface area contributed by atoms with Gasteiger partial charge in [0.2, 0.25) is 0 Å². The van der Waals surface area contributed by atoms with E-state index in [1.165, 1.54) is 38.5 Å². The Morgan fingerprint density at radius 3 is 1.04 bits per heavy atom. The summed E-state index contributed by atoms with van der Waals surface area (Å²) in [6.45, 7) is 0. The lowest BCUT2D eigenvalue weighted by Crippen LogP contribution is -2.65. The maximum absolute atomic E-state index is 3.48. The molecule has 0 heterocycles. The van der Waals surface area contributed by atoms with Gasteiger partial charge in [0.1, 0.15) is 0 Å². The van der Waals surface area contributed by atoms with Crippen LogP contribution < -0.4 is 0 Å². The van der Waals surface area contributed by atoms with Crippen LogP contribution in [0.2, 0.25) is 0 Å². The first-order valence-corrected chi connectivity index (χ1v) is 24.4. The van der Waals surface area contributed by atoms with E-state index in [-0.39, 0.29) is 0 Å². The van der Waals surface area contributed by atoms with Crippen molar-refractivity contribution in [2.24, 2.45) is 59.2 Å². The molecular weight excluding hydrogens is 605 g/mol. The van der Waals surface area contributed by atoms with Gasteiger partial charge in [-0.25, -0.2) is 0 Å². The minimum absolute atomic E-state index is 0.934. The Hall–Kier alpha value is -0.0800. The molecule has 0 aromatic carbocycles. The van der Waals surface area contributed by atoms with Crippen LogP contribution >= 0.6 is 0 Å². The molecule has 14 unspecified atom stereocenters. The molecule has 0 N–H and O–H groups in total. The van der Waals surface area contributed by atoms with Crippen molar-refractivity contribution in [3.8, 4) is 0 Å². The summed E-state index contributed by atoms with van der Waals surface area (Å²) in [6.07, 6.45) is 50.0. The van der Waals surface area contributed by atoms with Crippen molar-refractivity contribution in [2.75, 3.05) is 0 Å². The lowest BCUT2D eigenvalue weighted by atomic mass is 9.46. The highest BCUT2D eigenvalue weighted by atomic mass is 15.2. The van der Waals surface area contributed by atoms with E-state index in [2.05, 4.69) is 9.80 Å². The van der Waals surface area contributed by atoms with Crippen molar-refractivity contribution in [3.05, 3.63) is 0 Å². The summed E-state index contributed by atoms with van der Waals surface area (Å²) in [4.78, 5) is 6.96. The van der Waals surface area contributed by atoms with E-state index in [1.54, 1.807) is 167 Å². The van der Waals surface area contributed by atoms with Crippen molar-refractivity contribution < 1.29 is 0 Å². The minimum Gasteiger partial charge on any atom is -0.294 e. The molecule has 2 nitrogen and oxygen atoms in total. The van der Waals surface area contributed by atoms with Crippen molar-refractivity contribution in [3.63, 3.8) is 0 Å². The zero-order chi connectivity index (χ0) is 33.0. The van der Waals surface area contributed by atoms with Crippen molar-refractivity contribution in [2.45, 2.75) is 242 Å². The summed E-state index contributed by atoms with van der Waals surface area (Å²) >= 11 is 0. The second-order valence-electron chi connectivity index (χ2n) is 21.3. The van der Waals surface area contributed by atoms with Crippen LogP contribution in [0.4, 0.5) is 0 Å². The Labute approximate surface area is 309 Å². The highest BCUT2D eigenvalue weighted by Gasteiger charge is 2.59. The number of hydrogen-bond donors (Lipinski definition) is 0. The van der Waals surface area contributed by atoms with Gasteiger partial charge in [0.05, 0.1) is 0 Å². The SMILES string of the molecule is C1CCC(N(C2CCCC3CCCCC32)C2CCC3CCC4CCC(N(C5CCCCC5)C5CCCC6CCCCC65)C5CCC2C3C45)CC1. The van der Waals surface area contributed by atoms with Gasteiger partial charge in [0.25, 0.3) is 0 Å². The fourth-order valence-corrected chi connectivity index (χ4v) is 17.9. The van der Waals surface area contributed by atoms with E-state index < -0.39 is 0 Å². The average Bonchev–Trinajstić information content (AvgIpc) is 3.19. The third kappa shape index (κ3) is 6.25. The molecule has 0 amide bonds. The maximum atomic E-state index is 3.48. The molecule has 10 rings (SSSR count). The highest BCUT2D eigenvalue weighted by Crippen LogP contribution is 2.63. The number of nitrogens with zero attached hydrogens (tertiary/aromatic N) is 2. The van der Waals surface area contributed by atoms with Gasteiger partial charge in [0.15, 0.2) is 0 Å². The Morgan fingerprint density at radius 1 is 0.220 bits per heavy atom. The van der Waals surface area contributed by atoms with E-state index in [1.807, 2.05) is 0 Å². The molecule has 0 radical (unpaired) electrons. The highest BCUT2D eigenvalue weighted by molar-refractivity contribution is 5.11. The van der Waals surface area contributed by atoms with Crippen LogP contribution in [0, 0.1) is 59.2 Å². The van der Waals surface area contributed by atoms with E-state index in [4.69, 9.17) is 0 Å². The second kappa shape index (κ2) is 15.2. The minimum atomic E-state index is 0.934. The number of fused-ring (bicyclic) bond motifs is 2. The average molecular weight is 685 g/mol. The maximum Gasteiger partial charge on any atom is 0.0132 e. The molecular formula is C48H80N2. The van der Waals surface area contributed by atoms with Crippen LogP contribution in [-0.2, 0) is 0 Å².